The Morgan fingerprint density at radius 1 is 1.07 bits per heavy atom. The quantitative estimate of drug-likeness (QED) is 0.316. The van der Waals surface area contributed by atoms with Gasteiger partial charge in [-0.1, -0.05) is 37.1 Å². The van der Waals surface area contributed by atoms with E-state index in [1.165, 1.54) is 49.9 Å². The number of hydrogen-bond acceptors (Lipinski definition) is 4. The van der Waals surface area contributed by atoms with Crippen molar-refractivity contribution < 1.29 is 4.42 Å². The van der Waals surface area contributed by atoms with Crippen LogP contribution in [0.3, 0.4) is 0 Å². The van der Waals surface area contributed by atoms with Crippen LogP contribution in [0.4, 0.5) is 0 Å². The first-order valence-corrected chi connectivity index (χ1v) is 10.9. The number of oxazole rings is 1. The van der Waals surface area contributed by atoms with E-state index in [9.17, 15) is 0 Å². The second-order valence-corrected chi connectivity index (χ2v) is 7.76. The van der Waals surface area contributed by atoms with Gasteiger partial charge in [-0.15, -0.1) is 24.0 Å². The summed E-state index contributed by atoms with van der Waals surface area (Å²) in [6.07, 6.45) is 5.36. The van der Waals surface area contributed by atoms with Crippen molar-refractivity contribution in [1.29, 1.82) is 0 Å². The molecule has 3 rings (SSSR count). The average Bonchev–Trinajstić information content (AvgIpc) is 2.89. The van der Waals surface area contributed by atoms with Gasteiger partial charge >= 0.3 is 0 Å². The monoisotopic (exact) mass is 525 g/mol. The van der Waals surface area contributed by atoms with Gasteiger partial charge in [-0.25, -0.2) is 9.98 Å². The van der Waals surface area contributed by atoms with Crippen LogP contribution in [-0.4, -0.2) is 35.5 Å². The maximum absolute atomic E-state index is 5.66. The lowest BCUT2D eigenvalue weighted by Gasteiger charge is -2.21. The van der Waals surface area contributed by atoms with E-state index >= 15 is 0 Å². The Morgan fingerprint density at radius 3 is 2.40 bits per heavy atom. The number of aromatic nitrogens is 1. The maximum atomic E-state index is 5.66. The minimum atomic E-state index is 0. The SMILES string of the molecule is CCNC(=NCc1ccccc1CN1CCCCCC1)NCc1nc(C)c(C)o1.I. The van der Waals surface area contributed by atoms with Crippen LogP contribution < -0.4 is 10.6 Å². The molecule has 6 nitrogen and oxygen atoms in total. The highest BCUT2D eigenvalue weighted by Crippen LogP contribution is 2.17. The number of likely N-dealkylation sites (tertiary alicyclic amines) is 1. The Kier molecular flexibility index (Phi) is 10.6. The van der Waals surface area contributed by atoms with Crippen LogP contribution in [0, 0.1) is 13.8 Å². The molecule has 1 saturated heterocycles. The summed E-state index contributed by atoms with van der Waals surface area (Å²) in [4.78, 5) is 11.8. The fraction of sp³-hybridized carbons (Fsp3) is 0.565. The van der Waals surface area contributed by atoms with Crippen molar-refractivity contribution in [1.82, 2.24) is 20.5 Å². The number of hydrogen-bond donors (Lipinski definition) is 2. The highest BCUT2D eigenvalue weighted by Gasteiger charge is 2.12. The number of aliphatic imine (C=N–C) groups is 1. The molecule has 1 aliphatic rings. The number of rotatable bonds is 7. The molecule has 0 unspecified atom stereocenters. The van der Waals surface area contributed by atoms with Gasteiger partial charge < -0.3 is 15.1 Å². The Labute approximate surface area is 198 Å². The van der Waals surface area contributed by atoms with E-state index in [0.29, 0.717) is 19.0 Å². The zero-order chi connectivity index (χ0) is 20.5. The van der Waals surface area contributed by atoms with Gasteiger partial charge in [0.05, 0.1) is 18.8 Å². The predicted molar refractivity (Wildman–Crippen MR) is 133 cm³/mol. The molecule has 0 amide bonds. The van der Waals surface area contributed by atoms with Crippen molar-refractivity contribution in [3.8, 4) is 0 Å². The van der Waals surface area contributed by atoms with Gasteiger partial charge in [0.25, 0.3) is 0 Å². The van der Waals surface area contributed by atoms with E-state index in [0.717, 1.165) is 30.5 Å². The maximum Gasteiger partial charge on any atom is 0.214 e. The first-order chi connectivity index (χ1) is 14.2. The summed E-state index contributed by atoms with van der Waals surface area (Å²) in [5.74, 6) is 2.34. The molecular formula is C23H36IN5O. The van der Waals surface area contributed by atoms with Crippen LogP contribution in [-0.2, 0) is 19.6 Å². The fourth-order valence-corrected chi connectivity index (χ4v) is 3.68. The highest BCUT2D eigenvalue weighted by molar-refractivity contribution is 14.0. The van der Waals surface area contributed by atoms with Crippen LogP contribution in [0.5, 0.6) is 0 Å². The van der Waals surface area contributed by atoms with E-state index in [4.69, 9.17) is 9.41 Å². The van der Waals surface area contributed by atoms with E-state index in [-0.39, 0.29) is 24.0 Å². The van der Waals surface area contributed by atoms with Crippen LogP contribution in [0.25, 0.3) is 0 Å². The van der Waals surface area contributed by atoms with Crippen LogP contribution in [0.2, 0.25) is 0 Å². The van der Waals surface area contributed by atoms with Gasteiger partial charge in [-0.2, -0.15) is 0 Å². The van der Waals surface area contributed by atoms with Gasteiger partial charge in [0.15, 0.2) is 5.96 Å². The van der Waals surface area contributed by atoms with Crippen molar-refractivity contribution in [2.75, 3.05) is 19.6 Å². The third kappa shape index (κ3) is 7.58. The zero-order valence-corrected chi connectivity index (χ0v) is 20.9. The van der Waals surface area contributed by atoms with Crippen LogP contribution >= 0.6 is 24.0 Å². The molecule has 2 N–H and O–H groups in total. The van der Waals surface area contributed by atoms with E-state index in [2.05, 4.69) is 51.7 Å². The first-order valence-electron chi connectivity index (χ1n) is 10.9. The topological polar surface area (TPSA) is 65.7 Å². The van der Waals surface area contributed by atoms with E-state index in [1.807, 2.05) is 13.8 Å². The first kappa shape index (κ1) is 24.7. The summed E-state index contributed by atoms with van der Waals surface area (Å²) in [7, 11) is 0. The fourth-order valence-electron chi connectivity index (χ4n) is 3.68. The standard InChI is InChI=1S/C23H35N5O.HI/c1-4-24-23(26-16-22-27-18(2)19(3)29-22)25-15-20-11-7-8-12-21(20)17-28-13-9-5-6-10-14-28;/h7-8,11-12H,4-6,9-10,13-17H2,1-3H3,(H2,24,25,26);1H. The molecule has 0 saturated carbocycles. The summed E-state index contributed by atoms with van der Waals surface area (Å²) in [5, 5.41) is 6.64. The van der Waals surface area contributed by atoms with Gasteiger partial charge in [-0.05, 0) is 57.8 Å². The third-order valence-electron chi connectivity index (χ3n) is 5.44. The minimum absolute atomic E-state index is 0. The summed E-state index contributed by atoms with van der Waals surface area (Å²) in [6.45, 7) is 11.4. The zero-order valence-electron chi connectivity index (χ0n) is 18.5. The molecule has 1 aromatic heterocycles. The smallest absolute Gasteiger partial charge is 0.214 e. The second-order valence-electron chi connectivity index (χ2n) is 7.76. The van der Waals surface area contributed by atoms with Crippen molar-refractivity contribution in [3.63, 3.8) is 0 Å². The molecule has 2 heterocycles. The molecule has 166 valence electrons. The lowest BCUT2D eigenvalue weighted by Crippen LogP contribution is -2.36. The number of nitrogens with one attached hydrogen (secondary N) is 2. The predicted octanol–water partition coefficient (Wildman–Crippen LogP) is 4.54. The lowest BCUT2D eigenvalue weighted by molar-refractivity contribution is 0.276. The lowest BCUT2D eigenvalue weighted by atomic mass is 10.1. The summed E-state index contributed by atoms with van der Waals surface area (Å²) in [6, 6.07) is 8.68. The number of aryl methyl sites for hydroxylation is 2. The molecule has 0 atom stereocenters. The van der Waals surface area contributed by atoms with Crippen molar-refractivity contribution >= 4 is 29.9 Å². The van der Waals surface area contributed by atoms with Crippen molar-refractivity contribution in [2.24, 2.45) is 4.99 Å². The second kappa shape index (κ2) is 12.9. The summed E-state index contributed by atoms with van der Waals surface area (Å²) >= 11 is 0. The molecule has 0 spiro atoms. The van der Waals surface area contributed by atoms with Gasteiger partial charge in [0, 0.05) is 13.1 Å². The highest BCUT2D eigenvalue weighted by atomic mass is 127. The molecule has 1 aliphatic heterocycles. The Bertz CT molecular complexity index is 777. The molecule has 30 heavy (non-hydrogen) atoms. The van der Waals surface area contributed by atoms with Crippen LogP contribution in [0.15, 0.2) is 33.7 Å². The normalized spacial score (nSPS) is 15.4. The number of nitrogens with zero attached hydrogens (tertiary/aromatic N) is 3. The molecule has 0 aliphatic carbocycles. The molecule has 1 fully saturated rings. The minimum Gasteiger partial charge on any atom is -0.444 e. The molecule has 0 bridgehead atoms. The molecular weight excluding hydrogens is 489 g/mol. The summed E-state index contributed by atoms with van der Waals surface area (Å²) in [5.41, 5.74) is 3.61. The molecule has 7 heteroatoms. The Balaban J connectivity index is 0.00000320. The number of halogens is 1. The average molecular weight is 525 g/mol. The Hall–Kier alpha value is -1.61. The molecule has 2 aromatic rings. The Morgan fingerprint density at radius 2 is 1.77 bits per heavy atom. The largest absolute Gasteiger partial charge is 0.444 e. The van der Waals surface area contributed by atoms with Gasteiger partial charge in [0.1, 0.15) is 5.76 Å². The van der Waals surface area contributed by atoms with Gasteiger partial charge in [-0.3, -0.25) is 4.90 Å². The number of guanidine groups is 1. The van der Waals surface area contributed by atoms with E-state index in [1.54, 1.807) is 0 Å². The molecule has 1 aromatic carbocycles. The van der Waals surface area contributed by atoms with Crippen molar-refractivity contribution in [2.45, 2.75) is 66.1 Å². The summed E-state index contributed by atoms with van der Waals surface area (Å²) < 4.78 is 5.66. The van der Waals surface area contributed by atoms with E-state index < -0.39 is 0 Å². The van der Waals surface area contributed by atoms with Gasteiger partial charge in [0.2, 0.25) is 5.89 Å². The number of benzene rings is 1. The van der Waals surface area contributed by atoms with Crippen molar-refractivity contribution in [3.05, 3.63) is 52.7 Å². The third-order valence-corrected chi connectivity index (χ3v) is 5.44. The molecule has 0 radical (unpaired) electrons. The van der Waals surface area contributed by atoms with Crippen LogP contribution in [0.1, 0.15) is 61.1 Å².